The number of imide groups is 1. The van der Waals surface area contributed by atoms with Crippen LogP contribution in [0.3, 0.4) is 0 Å². The minimum absolute atomic E-state index is 0.127. The van der Waals surface area contributed by atoms with Gasteiger partial charge in [0.2, 0.25) is 11.8 Å². The van der Waals surface area contributed by atoms with Gasteiger partial charge in [-0.15, -0.1) is 0 Å². The van der Waals surface area contributed by atoms with Gasteiger partial charge in [-0.2, -0.15) is 0 Å². The molecule has 0 aliphatic carbocycles. The molecule has 9 heteroatoms. The number of nitrogens with one attached hydrogen (secondary N) is 3. The second kappa shape index (κ2) is 5.95. The molecule has 24 heavy (non-hydrogen) atoms. The Hall–Kier alpha value is -3.49. The molecule has 0 atom stereocenters. The highest BCUT2D eigenvalue weighted by atomic mass is 16.2. The van der Waals surface area contributed by atoms with Gasteiger partial charge in [0.1, 0.15) is 5.69 Å². The van der Waals surface area contributed by atoms with Crippen LogP contribution in [-0.4, -0.2) is 27.7 Å². The standard InChI is InChI=1S/C15H12N4O5/c20-11-4-5-12(21)19(11)9-3-1-2-8(6-9)13(22)17-10-7-16-15(24)18-14(10)23/h1-3,6-7H,4-5H2,(H,17,22)(H2,16,18,23,24). The Morgan fingerprint density at radius 3 is 2.46 bits per heavy atom. The van der Waals surface area contributed by atoms with E-state index in [0.29, 0.717) is 5.69 Å². The predicted molar refractivity (Wildman–Crippen MR) is 83.8 cm³/mol. The van der Waals surface area contributed by atoms with Crippen molar-refractivity contribution in [1.82, 2.24) is 9.97 Å². The number of nitrogens with zero attached hydrogens (tertiary/aromatic N) is 1. The maximum absolute atomic E-state index is 12.2. The van der Waals surface area contributed by atoms with E-state index in [4.69, 9.17) is 0 Å². The quantitative estimate of drug-likeness (QED) is 0.681. The Balaban J connectivity index is 1.87. The molecule has 122 valence electrons. The summed E-state index contributed by atoms with van der Waals surface area (Å²) >= 11 is 0. The van der Waals surface area contributed by atoms with Crippen LogP contribution >= 0.6 is 0 Å². The molecular weight excluding hydrogens is 316 g/mol. The van der Waals surface area contributed by atoms with Crippen LogP contribution in [-0.2, 0) is 9.59 Å². The van der Waals surface area contributed by atoms with Crippen molar-refractivity contribution in [3.05, 3.63) is 56.9 Å². The Labute approximate surface area is 134 Å². The van der Waals surface area contributed by atoms with Crippen LogP contribution in [0.15, 0.2) is 40.1 Å². The van der Waals surface area contributed by atoms with Crippen LogP contribution < -0.4 is 21.5 Å². The summed E-state index contributed by atoms with van der Waals surface area (Å²) in [6, 6.07) is 5.94. The topological polar surface area (TPSA) is 132 Å². The summed E-state index contributed by atoms with van der Waals surface area (Å²) in [7, 11) is 0. The highest BCUT2D eigenvalue weighted by Gasteiger charge is 2.30. The molecular formula is C15H12N4O5. The molecule has 0 saturated carbocycles. The Morgan fingerprint density at radius 2 is 1.79 bits per heavy atom. The van der Waals surface area contributed by atoms with E-state index in [2.05, 4.69) is 10.3 Å². The lowest BCUT2D eigenvalue weighted by atomic mass is 10.1. The number of hydrogen-bond acceptors (Lipinski definition) is 5. The number of rotatable bonds is 3. The Morgan fingerprint density at radius 1 is 1.08 bits per heavy atom. The van der Waals surface area contributed by atoms with E-state index in [9.17, 15) is 24.0 Å². The van der Waals surface area contributed by atoms with Crippen LogP contribution in [0.1, 0.15) is 23.2 Å². The minimum Gasteiger partial charge on any atom is -0.316 e. The number of carbonyl (C=O) groups is 3. The van der Waals surface area contributed by atoms with E-state index < -0.39 is 17.2 Å². The van der Waals surface area contributed by atoms with Crippen LogP contribution in [0.2, 0.25) is 0 Å². The van der Waals surface area contributed by atoms with Crippen molar-refractivity contribution in [2.24, 2.45) is 0 Å². The number of anilines is 2. The zero-order valence-corrected chi connectivity index (χ0v) is 12.3. The van der Waals surface area contributed by atoms with Crippen molar-refractivity contribution in [1.29, 1.82) is 0 Å². The molecule has 0 radical (unpaired) electrons. The van der Waals surface area contributed by atoms with Crippen molar-refractivity contribution in [2.45, 2.75) is 12.8 Å². The Bertz CT molecular complexity index is 943. The number of hydrogen-bond donors (Lipinski definition) is 3. The number of benzene rings is 1. The zero-order chi connectivity index (χ0) is 17.3. The van der Waals surface area contributed by atoms with E-state index in [1.807, 2.05) is 4.98 Å². The van der Waals surface area contributed by atoms with E-state index >= 15 is 0 Å². The van der Waals surface area contributed by atoms with Crippen LogP contribution in [0.25, 0.3) is 0 Å². The molecule has 1 aromatic carbocycles. The van der Waals surface area contributed by atoms with Gasteiger partial charge in [0.05, 0.1) is 5.69 Å². The third-order valence-corrected chi connectivity index (χ3v) is 3.49. The smallest absolute Gasteiger partial charge is 0.316 e. The highest BCUT2D eigenvalue weighted by molar-refractivity contribution is 6.20. The van der Waals surface area contributed by atoms with E-state index in [-0.39, 0.29) is 35.9 Å². The summed E-state index contributed by atoms with van der Waals surface area (Å²) < 4.78 is 0. The van der Waals surface area contributed by atoms with Gasteiger partial charge >= 0.3 is 5.69 Å². The van der Waals surface area contributed by atoms with Crippen molar-refractivity contribution in [3.8, 4) is 0 Å². The fraction of sp³-hybridized carbons (Fsp3) is 0.133. The number of H-pyrrole nitrogens is 2. The molecule has 1 aliphatic rings. The lowest BCUT2D eigenvalue weighted by Crippen LogP contribution is -2.29. The lowest BCUT2D eigenvalue weighted by molar-refractivity contribution is -0.121. The molecule has 0 unspecified atom stereocenters. The van der Waals surface area contributed by atoms with Gasteiger partial charge in [0.15, 0.2) is 0 Å². The molecule has 1 aliphatic heterocycles. The first-order chi connectivity index (χ1) is 11.5. The first-order valence-electron chi connectivity index (χ1n) is 7.05. The fourth-order valence-electron chi connectivity index (χ4n) is 2.35. The van der Waals surface area contributed by atoms with Gasteiger partial charge in [-0.05, 0) is 18.2 Å². The van der Waals surface area contributed by atoms with Crippen molar-refractivity contribution >= 4 is 29.1 Å². The average molecular weight is 328 g/mol. The predicted octanol–water partition coefficient (Wildman–Crippen LogP) is -0.0311. The molecule has 3 N–H and O–H groups in total. The molecule has 2 aromatic rings. The largest absolute Gasteiger partial charge is 0.325 e. The fourth-order valence-corrected chi connectivity index (χ4v) is 2.35. The van der Waals surface area contributed by atoms with Crippen LogP contribution in [0.4, 0.5) is 11.4 Å². The van der Waals surface area contributed by atoms with Gasteiger partial charge in [0, 0.05) is 24.6 Å². The molecule has 1 saturated heterocycles. The maximum atomic E-state index is 12.2. The van der Waals surface area contributed by atoms with Gasteiger partial charge in [-0.1, -0.05) is 6.07 Å². The molecule has 0 spiro atoms. The van der Waals surface area contributed by atoms with Gasteiger partial charge in [0.25, 0.3) is 11.5 Å². The van der Waals surface area contributed by atoms with Gasteiger partial charge in [-0.25, -0.2) is 4.79 Å². The third kappa shape index (κ3) is 2.86. The maximum Gasteiger partial charge on any atom is 0.325 e. The van der Waals surface area contributed by atoms with Crippen molar-refractivity contribution in [2.75, 3.05) is 10.2 Å². The molecule has 2 heterocycles. The van der Waals surface area contributed by atoms with Crippen molar-refractivity contribution < 1.29 is 14.4 Å². The summed E-state index contributed by atoms with van der Waals surface area (Å²) in [5, 5.41) is 2.35. The first kappa shape index (κ1) is 15.4. The van der Waals surface area contributed by atoms with Gasteiger partial charge in [-0.3, -0.25) is 29.1 Å². The first-order valence-corrected chi connectivity index (χ1v) is 7.05. The molecule has 1 fully saturated rings. The van der Waals surface area contributed by atoms with Crippen molar-refractivity contribution in [3.63, 3.8) is 0 Å². The second-order valence-corrected chi connectivity index (χ2v) is 5.11. The summed E-state index contributed by atoms with van der Waals surface area (Å²) in [6.45, 7) is 0. The van der Waals surface area contributed by atoms with E-state index in [1.165, 1.54) is 18.2 Å². The Kier molecular flexibility index (Phi) is 3.82. The van der Waals surface area contributed by atoms with E-state index in [0.717, 1.165) is 11.1 Å². The second-order valence-electron chi connectivity index (χ2n) is 5.11. The summed E-state index contributed by atoms with van der Waals surface area (Å²) in [5.41, 5.74) is -1.10. The summed E-state index contributed by atoms with van der Waals surface area (Å²) in [5.74, 6) is -1.27. The lowest BCUT2D eigenvalue weighted by Gasteiger charge is -2.14. The number of aromatic amines is 2. The molecule has 9 nitrogen and oxygen atoms in total. The number of carbonyl (C=O) groups excluding carboxylic acids is 3. The minimum atomic E-state index is -0.742. The average Bonchev–Trinajstić information content (AvgIpc) is 2.89. The zero-order valence-electron chi connectivity index (χ0n) is 12.3. The summed E-state index contributed by atoms with van der Waals surface area (Å²) in [4.78, 5) is 63.6. The number of aromatic nitrogens is 2. The third-order valence-electron chi connectivity index (χ3n) is 3.49. The van der Waals surface area contributed by atoms with Crippen LogP contribution in [0.5, 0.6) is 0 Å². The monoisotopic (exact) mass is 328 g/mol. The normalized spacial score (nSPS) is 14.1. The van der Waals surface area contributed by atoms with Crippen LogP contribution in [0, 0.1) is 0 Å². The molecule has 1 aromatic heterocycles. The number of amides is 3. The summed E-state index contributed by atoms with van der Waals surface area (Å²) in [6.07, 6.45) is 1.36. The molecule has 3 rings (SSSR count). The van der Waals surface area contributed by atoms with E-state index in [1.54, 1.807) is 6.07 Å². The van der Waals surface area contributed by atoms with Gasteiger partial charge < -0.3 is 10.3 Å². The molecule has 0 bridgehead atoms. The SMILES string of the molecule is O=C(Nc1c[nH]c(=O)[nH]c1=O)c1cccc(N2C(=O)CCC2=O)c1. The highest BCUT2D eigenvalue weighted by Crippen LogP contribution is 2.23. The molecule has 3 amide bonds.